The number of aromatic nitrogens is 1. The van der Waals surface area contributed by atoms with E-state index in [1.807, 2.05) is 12.3 Å². The number of hydrogen-bond donors (Lipinski definition) is 1. The first kappa shape index (κ1) is 13.9. The molecule has 0 amide bonds. The van der Waals surface area contributed by atoms with Crippen molar-refractivity contribution in [2.75, 3.05) is 27.3 Å². The molecular formula is C15H21N3O. The van der Waals surface area contributed by atoms with Crippen LogP contribution in [-0.4, -0.2) is 43.2 Å². The molecule has 0 bridgehead atoms. The minimum atomic E-state index is 0.0398. The fourth-order valence-electron chi connectivity index (χ4n) is 2.32. The van der Waals surface area contributed by atoms with Crippen molar-refractivity contribution in [1.29, 1.82) is 0 Å². The highest BCUT2D eigenvalue weighted by Gasteiger charge is 2.09. The van der Waals surface area contributed by atoms with Gasteiger partial charge in [-0.05, 0) is 18.7 Å². The highest BCUT2D eigenvalue weighted by Crippen LogP contribution is 2.17. The maximum absolute atomic E-state index is 5.97. The lowest BCUT2D eigenvalue weighted by atomic mass is 10.1. The summed E-state index contributed by atoms with van der Waals surface area (Å²) in [5.74, 6) is 0. The predicted octanol–water partition coefficient (Wildman–Crippen LogP) is 1.64. The van der Waals surface area contributed by atoms with Crippen LogP contribution in [0.1, 0.15) is 5.56 Å². The zero-order valence-electron chi connectivity index (χ0n) is 11.5. The second-order valence-corrected chi connectivity index (χ2v) is 4.90. The van der Waals surface area contributed by atoms with Gasteiger partial charge in [-0.1, -0.05) is 24.3 Å². The molecule has 0 spiro atoms. The number of fused-ring (bicyclic) bond motifs is 1. The molecule has 1 aromatic carbocycles. The van der Waals surface area contributed by atoms with Crippen molar-refractivity contribution in [3.05, 3.63) is 42.1 Å². The Morgan fingerprint density at radius 1 is 1.32 bits per heavy atom. The molecule has 2 aromatic rings. The highest BCUT2D eigenvalue weighted by atomic mass is 16.5. The Morgan fingerprint density at radius 2 is 2.11 bits per heavy atom. The van der Waals surface area contributed by atoms with E-state index in [0.717, 1.165) is 18.6 Å². The quantitative estimate of drug-likeness (QED) is 0.857. The highest BCUT2D eigenvalue weighted by molar-refractivity contribution is 5.81. The molecule has 102 valence electrons. The van der Waals surface area contributed by atoms with E-state index in [4.69, 9.17) is 10.5 Å². The van der Waals surface area contributed by atoms with Crippen molar-refractivity contribution in [1.82, 2.24) is 9.88 Å². The number of hydrogen-bond acceptors (Lipinski definition) is 4. The first-order chi connectivity index (χ1) is 9.20. The number of ether oxygens (including phenoxy) is 1. The van der Waals surface area contributed by atoms with Crippen LogP contribution in [0.2, 0.25) is 0 Å². The first-order valence-corrected chi connectivity index (χ1v) is 6.46. The minimum absolute atomic E-state index is 0.0398. The van der Waals surface area contributed by atoms with Crippen LogP contribution in [0.4, 0.5) is 0 Å². The number of likely N-dealkylation sites (N-methyl/N-ethyl adjacent to an activating group) is 1. The zero-order valence-corrected chi connectivity index (χ0v) is 11.5. The third-order valence-electron chi connectivity index (χ3n) is 3.08. The van der Waals surface area contributed by atoms with Crippen molar-refractivity contribution in [3.8, 4) is 0 Å². The van der Waals surface area contributed by atoms with Gasteiger partial charge in [-0.3, -0.25) is 4.98 Å². The summed E-state index contributed by atoms with van der Waals surface area (Å²) < 4.78 is 5.06. The zero-order chi connectivity index (χ0) is 13.7. The number of para-hydroxylation sites is 1. The van der Waals surface area contributed by atoms with E-state index in [-0.39, 0.29) is 6.04 Å². The Morgan fingerprint density at radius 3 is 2.89 bits per heavy atom. The van der Waals surface area contributed by atoms with E-state index >= 15 is 0 Å². The minimum Gasteiger partial charge on any atom is -0.383 e. The first-order valence-electron chi connectivity index (χ1n) is 6.46. The van der Waals surface area contributed by atoms with Gasteiger partial charge in [0.1, 0.15) is 0 Å². The molecule has 0 saturated carbocycles. The molecule has 0 saturated heterocycles. The number of pyridine rings is 1. The lowest BCUT2D eigenvalue weighted by Gasteiger charge is -2.21. The number of nitrogens with two attached hydrogens (primary N) is 1. The monoisotopic (exact) mass is 259 g/mol. The maximum Gasteiger partial charge on any atom is 0.0746 e. The smallest absolute Gasteiger partial charge is 0.0746 e. The molecule has 0 aliphatic carbocycles. The van der Waals surface area contributed by atoms with Crippen molar-refractivity contribution in [3.63, 3.8) is 0 Å². The molecule has 2 rings (SSSR count). The van der Waals surface area contributed by atoms with Crippen LogP contribution in [0, 0.1) is 0 Å². The standard InChI is InChI=1S/C15H21N3O/c1-18(10-14(16)11-19-2)9-13-6-3-5-12-7-4-8-17-15(12)13/h3-8,14H,9-11,16H2,1-2H3. The van der Waals surface area contributed by atoms with Crippen LogP contribution >= 0.6 is 0 Å². The Labute approximate surface area is 114 Å². The second-order valence-electron chi connectivity index (χ2n) is 4.90. The van der Waals surface area contributed by atoms with Gasteiger partial charge < -0.3 is 15.4 Å². The molecule has 4 nitrogen and oxygen atoms in total. The van der Waals surface area contributed by atoms with Gasteiger partial charge in [-0.2, -0.15) is 0 Å². The molecule has 1 atom stereocenters. The molecule has 0 aliphatic rings. The molecule has 2 N–H and O–H groups in total. The number of rotatable bonds is 6. The summed E-state index contributed by atoms with van der Waals surface area (Å²) in [7, 11) is 3.74. The lowest BCUT2D eigenvalue weighted by molar-refractivity contribution is 0.160. The topological polar surface area (TPSA) is 51.4 Å². The Balaban J connectivity index is 2.08. The molecule has 0 fully saturated rings. The maximum atomic E-state index is 5.97. The van der Waals surface area contributed by atoms with Gasteiger partial charge in [-0.15, -0.1) is 0 Å². The van der Waals surface area contributed by atoms with Crippen LogP contribution in [0.25, 0.3) is 10.9 Å². The van der Waals surface area contributed by atoms with E-state index < -0.39 is 0 Å². The van der Waals surface area contributed by atoms with Crippen molar-refractivity contribution in [2.45, 2.75) is 12.6 Å². The molecular weight excluding hydrogens is 238 g/mol. The summed E-state index contributed by atoms with van der Waals surface area (Å²) in [6.45, 7) is 2.22. The van der Waals surface area contributed by atoms with Crippen LogP contribution in [-0.2, 0) is 11.3 Å². The van der Waals surface area contributed by atoms with Gasteiger partial charge >= 0.3 is 0 Å². The summed E-state index contributed by atoms with van der Waals surface area (Å²) >= 11 is 0. The van der Waals surface area contributed by atoms with Gasteiger partial charge in [0, 0.05) is 37.8 Å². The van der Waals surface area contributed by atoms with Crippen molar-refractivity contribution < 1.29 is 4.74 Å². The Kier molecular flexibility index (Phi) is 4.85. The van der Waals surface area contributed by atoms with Crippen LogP contribution in [0.5, 0.6) is 0 Å². The molecule has 1 heterocycles. The third-order valence-corrected chi connectivity index (χ3v) is 3.08. The third kappa shape index (κ3) is 3.73. The molecule has 1 unspecified atom stereocenters. The van der Waals surface area contributed by atoms with Gasteiger partial charge in [0.25, 0.3) is 0 Å². The van der Waals surface area contributed by atoms with Crippen LogP contribution in [0.15, 0.2) is 36.5 Å². The van der Waals surface area contributed by atoms with Gasteiger partial charge in [0.05, 0.1) is 12.1 Å². The van der Waals surface area contributed by atoms with Crippen LogP contribution in [0.3, 0.4) is 0 Å². The summed E-state index contributed by atoms with van der Waals surface area (Å²) in [6, 6.07) is 10.4. The predicted molar refractivity (Wildman–Crippen MR) is 77.9 cm³/mol. The SMILES string of the molecule is COCC(N)CN(C)Cc1cccc2cccnc12. The fourth-order valence-corrected chi connectivity index (χ4v) is 2.32. The summed E-state index contributed by atoms with van der Waals surface area (Å²) in [5.41, 5.74) is 8.26. The summed E-state index contributed by atoms with van der Waals surface area (Å²) in [6.07, 6.45) is 1.84. The lowest BCUT2D eigenvalue weighted by Crippen LogP contribution is -2.38. The molecule has 0 radical (unpaired) electrons. The van der Waals surface area contributed by atoms with E-state index in [2.05, 4.69) is 41.2 Å². The van der Waals surface area contributed by atoms with Crippen LogP contribution < -0.4 is 5.73 Å². The van der Waals surface area contributed by atoms with E-state index in [1.165, 1.54) is 10.9 Å². The number of methoxy groups -OCH3 is 1. The second kappa shape index (κ2) is 6.61. The molecule has 4 heteroatoms. The molecule has 1 aromatic heterocycles. The average molecular weight is 259 g/mol. The van der Waals surface area contributed by atoms with Crippen molar-refractivity contribution >= 4 is 10.9 Å². The molecule has 0 aliphatic heterocycles. The van der Waals surface area contributed by atoms with E-state index in [0.29, 0.717) is 6.61 Å². The Hall–Kier alpha value is -1.49. The summed E-state index contributed by atoms with van der Waals surface area (Å²) in [4.78, 5) is 6.67. The van der Waals surface area contributed by atoms with Gasteiger partial charge in [0.2, 0.25) is 0 Å². The number of benzene rings is 1. The van der Waals surface area contributed by atoms with E-state index in [9.17, 15) is 0 Å². The normalized spacial score (nSPS) is 13.1. The van der Waals surface area contributed by atoms with Gasteiger partial charge in [-0.25, -0.2) is 0 Å². The van der Waals surface area contributed by atoms with E-state index in [1.54, 1.807) is 7.11 Å². The Bertz CT molecular complexity index is 524. The average Bonchev–Trinajstić information content (AvgIpc) is 2.39. The van der Waals surface area contributed by atoms with Crippen molar-refractivity contribution in [2.24, 2.45) is 5.73 Å². The fraction of sp³-hybridized carbons (Fsp3) is 0.400. The van der Waals surface area contributed by atoms with Gasteiger partial charge in [0.15, 0.2) is 0 Å². The summed E-state index contributed by atoms with van der Waals surface area (Å²) in [5, 5.41) is 1.18. The largest absolute Gasteiger partial charge is 0.383 e. The molecule has 19 heavy (non-hydrogen) atoms. The number of nitrogens with zero attached hydrogens (tertiary/aromatic N) is 2.